The van der Waals surface area contributed by atoms with Crippen molar-refractivity contribution in [1.82, 2.24) is 4.98 Å². The van der Waals surface area contributed by atoms with Crippen molar-refractivity contribution in [2.75, 3.05) is 23.5 Å². The second-order valence-corrected chi connectivity index (χ2v) is 7.91. The quantitative estimate of drug-likeness (QED) is 0.841. The topological polar surface area (TPSA) is 59.1 Å². The van der Waals surface area contributed by atoms with Crippen LogP contribution >= 0.6 is 10.9 Å². The van der Waals surface area contributed by atoms with Crippen molar-refractivity contribution in [2.24, 2.45) is 0 Å². The molecule has 0 aliphatic rings. The summed E-state index contributed by atoms with van der Waals surface area (Å²) >= 11 is 0. The summed E-state index contributed by atoms with van der Waals surface area (Å²) in [5.41, 5.74) is -1.76. The molecule has 18 heavy (non-hydrogen) atoms. The molecule has 0 saturated heterocycles. The van der Waals surface area contributed by atoms with Crippen molar-refractivity contribution in [3.05, 3.63) is 18.0 Å². The van der Waals surface area contributed by atoms with E-state index >= 15 is 0 Å². The highest BCUT2D eigenvalue weighted by molar-refractivity contribution is 8.15. The Labute approximate surface area is 106 Å². The molecule has 1 rings (SSSR count). The molecule has 0 amide bonds. The fourth-order valence-electron chi connectivity index (χ4n) is 1.20. The van der Waals surface area contributed by atoms with E-state index in [4.69, 9.17) is 0 Å². The van der Waals surface area contributed by atoms with Crippen LogP contribution in [-0.2, 0) is 16.2 Å². The van der Waals surface area contributed by atoms with Crippen LogP contribution in [0.3, 0.4) is 0 Å². The summed E-state index contributed by atoms with van der Waals surface area (Å²) < 4.78 is 62.0. The maximum atomic E-state index is 12.7. The van der Waals surface area contributed by atoms with Crippen molar-refractivity contribution < 1.29 is 21.6 Å². The monoisotopic (exact) mass is 302 g/mol. The van der Waals surface area contributed by atoms with Gasteiger partial charge in [0.1, 0.15) is 0 Å². The van der Waals surface area contributed by atoms with Gasteiger partial charge in [0.25, 0.3) is 0 Å². The molecule has 4 nitrogen and oxygen atoms in total. The first kappa shape index (κ1) is 15.1. The van der Waals surface area contributed by atoms with Gasteiger partial charge in [-0.05, 0) is 18.6 Å². The maximum Gasteiger partial charge on any atom is 0.435 e. The molecule has 0 aliphatic carbocycles. The molecule has 0 bridgehead atoms. The summed E-state index contributed by atoms with van der Waals surface area (Å²) in [6.45, 7) is 0. The molecule has 0 unspecified atom stereocenters. The van der Waals surface area contributed by atoms with Gasteiger partial charge in [-0.3, -0.25) is 4.72 Å². The van der Waals surface area contributed by atoms with Gasteiger partial charge in [0, 0.05) is 11.1 Å². The number of halogens is 3. The predicted octanol–water partition coefficient (Wildman–Crippen LogP) is 2.09. The highest BCUT2D eigenvalue weighted by atomic mass is 32.2. The molecule has 1 heterocycles. The molecule has 0 atom stereocenters. The highest BCUT2D eigenvalue weighted by Gasteiger charge is 2.36. The number of anilines is 1. The predicted molar refractivity (Wildman–Crippen MR) is 66.8 cm³/mol. The van der Waals surface area contributed by atoms with E-state index in [1.54, 1.807) is 0 Å². The van der Waals surface area contributed by atoms with Gasteiger partial charge in [0.05, 0.1) is 11.9 Å². The third kappa shape index (κ3) is 4.05. The number of alkyl halides is 3. The molecule has 1 N–H and O–H groups in total. The van der Waals surface area contributed by atoms with Crippen LogP contribution in [0.2, 0.25) is 0 Å². The Bertz CT molecular complexity index is 541. The summed E-state index contributed by atoms with van der Waals surface area (Å²) in [5.74, 6) is 0. The standard InChI is InChI=1S/C9H13F3N2O2S2/c1-17(2)6-4-7(14-18(3,15)16)8(13-5-6)9(10,11)12/h4-5,14,17H,1-3H3. The number of aromatic nitrogens is 1. The van der Waals surface area contributed by atoms with E-state index in [2.05, 4.69) is 4.98 Å². The van der Waals surface area contributed by atoms with E-state index in [9.17, 15) is 21.6 Å². The van der Waals surface area contributed by atoms with E-state index < -0.39 is 38.5 Å². The largest absolute Gasteiger partial charge is 0.435 e. The first-order chi connectivity index (χ1) is 8.00. The van der Waals surface area contributed by atoms with Gasteiger partial charge < -0.3 is 0 Å². The van der Waals surface area contributed by atoms with Crippen molar-refractivity contribution in [1.29, 1.82) is 0 Å². The number of nitrogens with one attached hydrogen (secondary N) is 1. The van der Waals surface area contributed by atoms with Crippen LogP contribution in [0.5, 0.6) is 0 Å². The lowest BCUT2D eigenvalue weighted by Gasteiger charge is -2.16. The van der Waals surface area contributed by atoms with Crippen molar-refractivity contribution in [2.45, 2.75) is 11.1 Å². The number of hydrogen-bond donors (Lipinski definition) is 2. The lowest BCUT2D eigenvalue weighted by Crippen LogP contribution is -2.17. The third-order valence-corrected chi connectivity index (χ3v) is 3.82. The molecular weight excluding hydrogens is 289 g/mol. The van der Waals surface area contributed by atoms with Crippen LogP contribution in [0.4, 0.5) is 18.9 Å². The average Bonchev–Trinajstić information content (AvgIpc) is 2.12. The second kappa shape index (κ2) is 4.96. The Balaban J connectivity index is 3.36. The summed E-state index contributed by atoms with van der Waals surface area (Å²) in [4.78, 5) is 3.91. The Hall–Kier alpha value is -0.960. The molecule has 1 aromatic heterocycles. The minimum absolute atomic E-state index is 0.529. The van der Waals surface area contributed by atoms with E-state index in [0.717, 1.165) is 12.5 Å². The average molecular weight is 302 g/mol. The number of sulfonamides is 1. The van der Waals surface area contributed by atoms with Crippen LogP contribution in [0.25, 0.3) is 0 Å². The van der Waals surface area contributed by atoms with Gasteiger partial charge in [0.15, 0.2) is 5.69 Å². The Morgan fingerprint density at radius 2 is 1.89 bits per heavy atom. The van der Waals surface area contributed by atoms with Crippen LogP contribution in [0, 0.1) is 0 Å². The fraction of sp³-hybridized carbons (Fsp3) is 0.444. The fourth-order valence-corrected chi connectivity index (χ4v) is 2.43. The van der Waals surface area contributed by atoms with E-state index in [-0.39, 0.29) is 0 Å². The van der Waals surface area contributed by atoms with Gasteiger partial charge in [-0.15, -0.1) is 0 Å². The summed E-state index contributed by atoms with van der Waals surface area (Å²) in [5, 5.41) is 0. The van der Waals surface area contributed by atoms with Crippen molar-refractivity contribution in [3.8, 4) is 0 Å². The van der Waals surface area contributed by atoms with Gasteiger partial charge in [-0.1, -0.05) is 0 Å². The number of hydrogen-bond acceptors (Lipinski definition) is 3. The summed E-state index contributed by atoms with van der Waals surface area (Å²) in [7, 11) is -4.45. The number of thiol groups is 1. The molecule has 0 saturated carbocycles. The van der Waals surface area contributed by atoms with Crippen LogP contribution in [0.1, 0.15) is 5.69 Å². The lowest BCUT2D eigenvalue weighted by molar-refractivity contribution is -0.140. The van der Waals surface area contributed by atoms with E-state index in [1.807, 2.05) is 17.2 Å². The van der Waals surface area contributed by atoms with E-state index in [1.165, 1.54) is 6.07 Å². The molecule has 9 heteroatoms. The zero-order valence-corrected chi connectivity index (χ0v) is 11.6. The minimum Gasteiger partial charge on any atom is -0.282 e. The SMILES string of the molecule is C[SH](C)c1cnc(C(F)(F)F)c(NS(C)(=O)=O)c1. The highest BCUT2D eigenvalue weighted by Crippen LogP contribution is 2.37. The zero-order chi connectivity index (χ0) is 14.1. The Morgan fingerprint density at radius 1 is 1.33 bits per heavy atom. The zero-order valence-electron chi connectivity index (χ0n) is 9.91. The molecule has 1 aromatic rings. The Kier molecular flexibility index (Phi) is 4.16. The molecule has 104 valence electrons. The summed E-state index contributed by atoms with van der Waals surface area (Å²) in [6, 6.07) is 1.18. The minimum atomic E-state index is -4.70. The number of pyridine rings is 1. The Morgan fingerprint density at radius 3 is 2.28 bits per heavy atom. The normalized spacial score (nSPS) is 13.3. The molecule has 0 aliphatic heterocycles. The number of nitrogens with zero attached hydrogens (tertiary/aromatic N) is 1. The van der Waals surface area contributed by atoms with Crippen molar-refractivity contribution >= 4 is 26.6 Å². The molecular formula is C9H13F3N2O2S2. The summed E-state index contributed by atoms with van der Waals surface area (Å²) in [6.07, 6.45) is 0.895. The van der Waals surface area contributed by atoms with Crippen LogP contribution in [-0.4, -0.2) is 32.2 Å². The van der Waals surface area contributed by atoms with Crippen LogP contribution < -0.4 is 4.72 Å². The van der Waals surface area contributed by atoms with Gasteiger partial charge in [0.2, 0.25) is 10.0 Å². The van der Waals surface area contributed by atoms with Crippen LogP contribution in [0.15, 0.2) is 17.2 Å². The maximum absolute atomic E-state index is 12.7. The van der Waals surface area contributed by atoms with Gasteiger partial charge >= 0.3 is 6.18 Å². The van der Waals surface area contributed by atoms with Gasteiger partial charge in [-0.2, -0.15) is 13.2 Å². The smallest absolute Gasteiger partial charge is 0.282 e. The molecule has 0 radical (unpaired) electrons. The lowest BCUT2D eigenvalue weighted by atomic mass is 10.3. The van der Waals surface area contributed by atoms with Crippen molar-refractivity contribution in [3.63, 3.8) is 0 Å². The van der Waals surface area contributed by atoms with Gasteiger partial charge in [-0.25, -0.2) is 24.3 Å². The number of rotatable bonds is 3. The first-order valence-corrected chi connectivity index (χ1v) is 8.86. The second-order valence-electron chi connectivity index (χ2n) is 3.86. The van der Waals surface area contributed by atoms with E-state index in [0.29, 0.717) is 4.90 Å². The third-order valence-electron chi connectivity index (χ3n) is 1.95. The first-order valence-electron chi connectivity index (χ1n) is 4.73. The molecule has 0 spiro atoms. The molecule has 0 fully saturated rings. The molecule has 0 aromatic carbocycles.